The van der Waals surface area contributed by atoms with E-state index < -0.39 is 11.8 Å². The third kappa shape index (κ3) is 2.99. The van der Waals surface area contributed by atoms with Crippen LogP contribution in [0.2, 0.25) is 0 Å². The van der Waals surface area contributed by atoms with E-state index in [0.717, 1.165) is 11.4 Å². The first-order valence-electron chi connectivity index (χ1n) is 5.91. The summed E-state index contributed by atoms with van der Waals surface area (Å²) in [6.07, 6.45) is 2.44. The third-order valence-electron chi connectivity index (χ3n) is 2.80. The van der Waals surface area contributed by atoms with Gasteiger partial charge in [0.15, 0.2) is 5.82 Å². The molecule has 2 N–H and O–H groups in total. The topological polar surface area (TPSA) is 62.2 Å². The van der Waals surface area contributed by atoms with Gasteiger partial charge in [0, 0.05) is 11.6 Å². The number of nitrogens with zero attached hydrogens (tertiary/aromatic N) is 1. The van der Waals surface area contributed by atoms with Gasteiger partial charge in [0.25, 0.3) is 0 Å². The van der Waals surface area contributed by atoms with Crippen LogP contribution in [0.5, 0.6) is 0 Å². The van der Waals surface area contributed by atoms with Crippen LogP contribution in [0.1, 0.15) is 34.8 Å². The van der Waals surface area contributed by atoms with Gasteiger partial charge in [-0.2, -0.15) is 0 Å². The van der Waals surface area contributed by atoms with Crippen molar-refractivity contribution in [3.8, 4) is 0 Å². The number of hydrogen-bond donors (Lipinski definition) is 2. The second-order valence-electron chi connectivity index (χ2n) is 4.07. The SMILES string of the molecule is CCC(Nc1ccc(C(=O)O)c(Br)c1F)c1nccs1. The number of nitrogens with one attached hydrogen (secondary N) is 1. The Bertz CT molecular complexity index is 619. The minimum absolute atomic E-state index is 0.0519. The van der Waals surface area contributed by atoms with Crippen molar-refractivity contribution in [2.45, 2.75) is 19.4 Å². The van der Waals surface area contributed by atoms with Crippen LogP contribution >= 0.6 is 27.3 Å². The van der Waals surface area contributed by atoms with E-state index in [9.17, 15) is 9.18 Å². The molecule has 2 rings (SSSR count). The lowest BCUT2D eigenvalue weighted by Crippen LogP contribution is -2.11. The van der Waals surface area contributed by atoms with E-state index in [1.54, 1.807) is 6.20 Å². The lowest BCUT2D eigenvalue weighted by molar-refractivity contribution is 0.0695. The lowest BCUT2D eigenvalue weighted by atomic mass is 10.1. The number of benzene rings is 1. The highest BCUT2D eigenvalue weighted by molar-refractivity contribution is 9.10. The van der Waals surface area contributed by atoms with E-state index in [2.05, 4.69) is 26.2 Å². The van der Waals surface area contributed by atoms with Crippen LogP contribution in [-0.2, 0) is 0 Å². The van der Waals surface area contributed by atoms with Crippen LogP contribution in [-0.4, -0.2) is 16.1 Å². The van der Waals surface area contributed by atoms with Crippen LogP contribution < -0.4 is 5.32 Å². The Morgan fingerprint density at radius 3 is 2.90 bits per heavy atom. The van der Waals surface area contributed by atoms with Gasteiger partial charge in [-0.25, -0.2) is 14.2 Å². The molecule has 0 amide bonds. The second kappa shape index (κ2) is 6.32. The van der Waals surface area contributed by atoms with E-state index >= 15 is 0 Å². The van der Waals surface area contributed by atoms with Gasteiger partial charge in [0.05, 0.1) is 21.8 Å². The predicted octanol–water partition coefficient (Wildman–Crippen LogP) is 4.31. The number of hydrogen-bond acceptors (Lipinski definition) is 4. The largest absolute Gasteiger partial charge is 0.478 e. The fourth-order valence-electron chi connectivity index (χ4n) is 1.76. The number of aromatic nitrogens is 1. The van der Waals surface area contributed by atoms with Crippen molar-refractivity contribution >= 4 is 38.9 Å². The number of aromatic carboxylic acids is 1. The van der Waals surface area contributed by atoms with Crippen LogP contribution in [0.4, 0.5) is 10.1 Å². The van der Waals surface area contributed by atoms with Crippen LogP contribution in [0.25, 0.3) is 0 Å². The lowest BCUT2D eigenvalue weighted by Gasteiger charge is -2.17. The summed E-state index contributed by atoms with van der Waals surface area (Å²) in [5, 5.41) is 14.7. The zero-order valence-electron chi connectivity index (χ0n) is 10.6. The van der Waals surface area contributed by atoms with E-state index in [-0.39, 0.29) is 21.8 Å². The second-order valence-corrected chi connectivity index (χ2v) is 5.79. The highest BCUT2D eigenvalue weighted by Crippen LogP contribution is 2.31. The molecule has 1 unspecified atom stereocenters. The first-order valence-corrected chi connectivity index (χ1v) is 7.59. The Labute approximate surface area is 127 Å². The Hall–Kier alpha value is -1.47. The Balaban J connectivity index is 2.30. The van der Waals surface area contributed by atoms with E-state index in [0.29, 0.717) is 0 Å². The van der Waals surface area contributed by atoms with Gasteiger partial charge < -0.3 is 10.4 Å². The van der Waals surface area contributed by atoms with Crippen molar-refractivity contribution in [3.63, 3.8) is 0 Å². The Morgan fingerprint density at radius 2 is 2.35 bits per heavy atom. The summed E-state index contributed by atoms with van der Waals surface area (Å²) in [5.74, 6) is -1.78. The molecule has 0 bridgehead atoms. The number of carboxylic acid groups (broad SMARTS) is 1. The summed E-state index contributed by atoms with van der Waals surface area (Å²) < 4.78 is 14.1. The molecule has 20 heavy (non-hydrogen) atoms. The van der Waals surface area contributed by atoms with Crippen molar-refractivity contribution in [2.75, 3.05) is 5.32 Å². The number of thiazole rings is 1. The fourth-order valence-corrected chi connectivity index (χ4v) is 3.05. The van der Waals surface area contributed by atoms with Crippen LogP contribution in [0.15, 0.2) is 28.2 Å². The molecule has 7 heteroatoms. The van der Waals surface area contributed by atoms with Crippen molar-refractivity contribution in [3.05, 3.63) is 44.6 Å². The smallest absolute Gasteiger partial charge is 0.336 e. The quantitative estimate of drug-likeness (QED) is 0.835. The fraction of sp³-hybridized carbons (Fsp3) is 0.231. The molecule has 0 aliphatic heterocycles. The molecule has 0 fully saturated rings. The molecular weight excluding hydrogens is 347 g/mol. The average Bonchev–Trinajstić information content (AvgIpc) is 2.94. The molecule has 0 spiro atoms. The summed E-state index contributed by atoms with van der Waals surface area (Å²) >= 11 is 4.47. The van der Waals surface area contributed by atoms with Crippen molar-refractivity contribution in [2.24, 2.45) is 0 Å². The molecule has 1 aromatic heterocycles. The van der Waals surface area contributed by atoms with Gasteiger partial charge in [-0.15, -0.1) is 11.3 Å². The molecule has 1 aromatic carbocycles. The van der Waals surface area contributed by atoms with Crippen molar-refractivity contribution < 1.29 is 14.3 Å². The molecule has 1 heterocycles. The Morgan fingerprint density at radius 1 is 1.60 bits per heavy atom. The zero-order chi connectivity index (χ0) is 14.7. The van der Waals surface area contributed by atoms with E-state index in [4.69, 9.17) is 5.11 Å². The number of rotatable bonds is 5. The molecule has 0 saturated heterocycles. The standard InChI is InChI=1S/C13H12BrFN2O2S/c1-2-8(12-16-5-6-20-12)17-9-4-3-7(13(18)19)10(14)11(9)15/h3-6,8,17H,2H2,1H3,(H,18,19). The molecule has 2 aromatic rings. The van der Waals surface area contributed by atoms with Crippen LogP contribution in [0.3, 0.4) is 0 Å². The Kier molecular flexibility index (Phi) is 4.72. The van der Waals surface area contributed by atoms with E-state index in [1.165, 1.54) is 23.5 Å². The zero-order valence-corrected chi connectivity index (χ0v) is 13.0. The van der Waals surface area contributed by atoms with Gasteiger partial charge in [0.1, 0.15) is 5.01 Å². The van der Waals surface area contributed by atoms with E-state index in [1.807, 2.05) is 12.3 Å². The highest BCUT2D eigenvalue weighted by Gasteiger charge is 2.19. The summed E-state index contributed by atoms with van der Waals surface area (Å²) in [5.41, 5.74) is 0.152. The predicted molar refractivity (Wildman–Crippen MR) is 79.8 cm³/mol. The molecule has 0 aliphatic rings. The first kappa shape index (κ1) is 14.9. The summed E-state index contributed by atoms with van der Waals surface area (Å²) in [7, 11) is 0. The van der Waals surface area contributed by atoms with Crippen molar-refractivity contribution in [1.82, 2.24) is 4.98 Å². The summed E-state index contributed by atoms with van der Waals surface area (Å²) in [6.45, 7) is 1.97. The summed E-state index contributed by atoms with van der Waals surface area (Å²) in [6, 6.07) is 2.69. The molecule has 4 nitrogen and oxygen atoms in total. The number of halogens is 2. The molecule has 0 radical (unpaired) electrons. The minimum Gasteiger partial charge on any atom is -0.478 e. The third-order valence-corrected chi connectivity index (χ3v) is 4.46. The molecule has 106 valence electrons. The first-order chi connectivity index (χ1) is 9.54. The van der Waals surface area contributed by atoms with Gasteiger partial charge in [-0.1, -0.05) is 6.92 Å². The maximum Gasteiger partial charge on any atom is 0.336 e. The average molecular weight is 359 g/mol. The maximum atomic E-state index is 14.2. The van der Waals surface area contributed by atoms with Gasteiger partial charge in [0.2, 0.25) is 0 Å². The van der Waals surface area contributed by atoms with Crippen molar-refractivity contribution in [1.29, 1.82) is 0 Å². The van der Waals surface area contributed by atoms with Crippen LogP contribution in [0, 0.1) is 5.82 Å². The molecule has 0 aliphatic carbocycles. The van der Waals surface area contributed by atoms with Gasteiger partial charge >= 0.3 is 5.97 Å². The van der Waals surface area contributed by atoms with Gasteiger partial charge in [-0.3, -0.25) is 0 Å². The minimum atomic E-state index is -1.17. The molecule has 1 atom stereocenters. The number of anilines is 1. The monoisotopic (exact) mass is 358 g/mol. The number of carboxylic acids is 1. The number of carbonyl (C=O) groups is 1. The normalized spacial score (nSPS) is 12.2. The molecule has 0 saturated carbocycles. The molecular formula is C13H12BrFN2O2S. The summed E-state index contributed by atoms with van der Waals surface area (Å²) in [4.78, 5) is 15.1. The maximum absolute atomic E-state index is 14.2. The highest BCUT2D eigenvalue weighted by atomic mass is 79.9. The van der Waals surface area contributed by atoms with Gasteiger partial charge in [-0.05, 0) is 34.5 Å².